The zero-order valence-corrected chi connectivity index (χ0v) is 17.7. The summed E-state index contributed by atoms with van der Waals surface area (Å²) in [5.74, 6) is 1.23. The SMILES string of the molecule is CCc1nc2nc3ccn(CCCN4CCOCC4)c(=O)c3c(-c3ccccc3)n2n1. The summed E-state index contributed by atoms with van der Waals surface area (Å²) < 4.78 is 8.92. The lowest BCUT2D eigenvalue weighted by molar-refractivity contribution is 0.0369. The number of aryl methyl sites for hydroxylation is 2. The van der Waals surface area contributed by atoms with Crippen molar-refractivity contribution in [2.75, 3.05) is 32.8 Å². The molecule has 8 nitrogen and oxygen atoms in total. The number of nitrogens with zero attached hydrogens (tertiary/aromatic N) is 6. The van der Waals surface area contributed by atoms with Crippen molar-refractivity contribution in [1.29, 1.82) is 0 Å². The molecule has 1 fully saturated rings. The molecule has 1 aromatic carbocycles. The van der Waals surface area contributed by atoms with Crippen LogP contribution in [0.25, 0.3) is 27.9 Å². The Kier molecular flexibility index (Phi) is 5.48. The van der Waals surface area contributed by atoms with Gasteiger partial charge in [-0.2, -0.15) is 9.50 Å². The molecular weight excluding hydrogens is 392 g/mol. The number of hydrogen-bond donors (Lipinski definition) is 0. The van der Waals surface area contributed by atoms with Gasteiger partial charge in [0.25, 0.3) is 11.3 Å². The van der Waals surface area contributed by atoms with Gasteiger partial charge in [0.2, 0.25) is 0 Å². The molecule has 0 spiro atoms. The van der Waals surface area contributed by atoms with Crippen LogP contribution in [0.5, 0.6) is 0 Å². The Morgan fingerprint density at radius 1 is 1.03 bits per heavy atom. The van der Waals surface area contributed by atoms with Crippen molar-refractivity contribution < 1.29 is 4.74 Å². The normalized spacial score (nSPS) is 15.1. The van der Waals surface area contributed by atoms with E-state index in [1.807, 2.05) is 49.5 Å². The van der Waals surface area contributed by atoms with Gasteiger partial charge in [-0.05, 0) is 12.5 Å². The molecule has 8 heteroatoms. The molecule has 0 unspecified atom stereocenters. The fourth-order valence-corrected chi connectivity index (χ4v) is 4.14. The Hall–Kier alpha value is -3.10. The van der Waals surface area contributed by atoms with Crippen LogP contribution in [0, 0.1) is 0 Å². The molecule has 0 amide bonds. The van der Waals surface area contributed by atoms with Gasteiger partial charge < -0.3 is 9.30 Å². The van der Waals surface area contributed by atoms with Gasteiger partial charge in [0.05, 0.1) is 29.8 Å². The maximum Gasteiger partial charge on any atom is 0.262 e. The molecule has 1 aliphatic rings. The number of aromatic nitrogens is 5. The van der Waals surface area contributed by atoms with Gasteiger partial charge in [-0.3, -0.25) is 9.69 Å². The highest BCUT2D eigenvalue weighted by Crippen LogP contribution is 2.26. The quantitative estimate of drug-likeness (QED) is 0.479. The van der Waals surface area contributed by atoms with E-state index >= 15 is 0 Å². The Morgan fingerprint density at radius 2 is 1.84 bits per heavy atom. The predicted octanol–water partition coefficient (Wildman–Crippen LogP) is 2.39. The maximum atomic E-state index is 13.6. The lowest BCUT2D eigenvalue weighted by Gasteiger charge is -2.26. The van der Waals surface area contributed by atoms with Crippen molar-refractivity contribution in [2.45, 2.75) is 26.3 Å². The highest BCUT2D eigenvalue weighted by Gasteiger charge is 2.18. The van der Waals surface area contributed by atoms with Gasteiger partial charge in [-0.1, -0.05) is 37.3 Å². The second-order valence-electron chi connectivity index (χ2n) is 7.80. The fourth-order valence-electron chi connectivity index (χ4n) is 4.14. The third kappa shape index (κ3) is 3.84. The van der Waals surface area contributed by atoms with Crippen molar-refractivity contribution in [2.24, 2.45) is 0 Å². The highest BCUT2D eigenvalue weighted by atomic mass is 16.5. The number of pyridine rings is 1. The van der Waals surface area contributed by atoms with E-state index in [1.165, 1.54) is 0 Å². The van der Waals surface area contributed by atoms with Gasteiger partial charge >= 0.3 is 0 Å². The molecule has 1 aliphatic heterocycles. The van der Waals surface area contributed by atoms with Gasteiger partial charge in [0, 0.05) is 44.4 Å². The lowest BCUT2D eigenvalue weighted by atomic mass is 10.1. The molecule has 4 aromatic rings. The molecular formula is C23H26N6O2. The number of fused-ring (bicyclic) bond motifs is 2. The molecule has 3 aromatic heterocycles. The molecule has 1 saturated heterocycles. The summed E-state index contributed by atoms with van der Waals surface area (Å²) in [4.78, 5) is 25.1. The van der Waals surface area contributed by atoms with Crippen LogP contribution < -0.4 is 5.56 Å². The van der Waals surface area contributed by atoms with Crippen molar-refractivity contribution in [3.63, 3.8) is 0 Å². The number of rotatable bonds is 6. The third-order valence-corrected chi connectivity index (χ3v) is 5.79. The van der Waals surface area contributed by atoms with E-state index < -0.39 is 0 Å². The summed E-state index contributed by atoms with van der Waals surface area (Å²) >= 11 is 0. The van der Waals surface area contributed by atoms with Gasteiger partial charge in [0.15, 0.2) is 5.82 Å². The first-order valence-corrected chi connectivity index (χ1v) is 10.9. The first-order valence-electron chi connectivity index (χ1n) is 10.9. The van der Waals surface area contributed by atoms with Crippen molar-refractivity contribution >= 4 is 16.7 Å². The second-order valence-corrected chi connectivity index (χ2v) is 7.80. The van der Waals surface area contributed by atoms with E-state index in [2.05, 4.69) is 20.0 Å². The number of ether oxygens (including phenoxy) is 1. The molecule has 0 atom stereocenters. The Morgan fingerprint density at radius 3 is 2.61 bits per heavy atom. The average Bonchev–Trinajstić information content (AvgIpc) is 3.23. The van der Waals surface area contributed by atoms with Crippen LogP contribution >= 0.6 is 0 Å². The number of benzene rings is 1. The van der Waals surface area contributed by atoms with Crippen LogP contribution in [0.3, 0.4) is 0 Å². The average molecular weight is 419 g/mol. The maximum absolute atomic E-state index is 13.6. The van der Waals surface area contributed by atoms with Crippen molar-refractivity contribution in [1.82, 2.24) is 29.0 Å². The summed E-state index contributed by atoms with van der Waals surface area (Å²) in [5, 5.41) is 5.21. The Balaban J connectivity index is 1.58. The topological polar surface area (TPSA) is 77.6 Å². The van der Waals surface area contributed by atoms with E-state index in [1.54, 1.807) is 9.08 Å². The van der Waals surface area contributed by atoms with Crippen LogP contribution in [0.15, 0.2) is 47.4 Å². The van der Waals surface area contributed by atoms with Crippen LogP contribution in [-0.4, -0.2) is 61.9 Å². The standard InChI is InChI=1S/C23H26N6O2/c1-2-19-25-23-24-18-9-12-28(11-6-10-27-13-15-31-16-14-27)22(30)20(18)21(29(23)26-19)17-7-4-3-5-8-17/h3-5,7-9,12H,2,6,10-11,13-16H2,1H3. The summed E-state index contributed by atoms with van der Waals surface area (Å²) in [7, 11) is 0. The van der Waals surface area contributed by atoms with E-state index in [0.29, 0.717) is 35.5 Å². The Labute approximate surface area is 180 Å². The van der Waals surface area contributed by atoms with Crippen LogP contribution in [0.2, 0.25) is 0 Å². The minimum absolute atomic E-state index is 0.0405. The van der Waals surface area contributed by atoms with E-state index in [-0.39, 0.29) is 5.56 Å². The first kappa shape index (κ1) is 19.8. The summed E-state index contributed by atoms with van der Waals surface area (Å²) in [6, 6.07) is 11.8. The molecule has 0 bridgehead atoms. The zero-order valence-electron chi connectivity index (χ0n) is 17.7. The molecule has 0 radical (unpaired) electrons. The number of morpholine rings is 1. The largest absolute Gasteiger partial charge is 0.379 e. The predicted molar refractivity (Wildman–Crippen MR) is 119 cm³/mol. The van der Waals surface area contributed by atoms with Crippen LogP contribution in [0.4, 0.5) is 0 Å². The number of hydrogen-bond acceptors (Lipinski definition) is 6. The molecule has 0 aliphatic carbocycles. The lowest BCUT2D eigenvalue weighted by Crippen LogP contribution is -2.37. The third-order valence-electron chi connectivity index (χ3n) is 5.79. The van der Waals surface area contributed by atoms with Crippen molar-refractivity contribution in [3.05, 3.63) is 58.8 Å². The Bertz CT molecular complexity index is 1260. The van der Waals surface area contributed by atoms with Crippen LogP contribution in [0.1, 0.15) is 19.2 Å². The van der Waals surface area contributed by atoms with E-state index in [9.17, 15) is 4.79 Å². The van der Waals surface area contributed by atoms with Crippen molar-refractivity contribution in [3.8, 4) is 11.3 Å². The van der Waals surface area contributed by atoms with E-state index in [4.69, 9.17) is 4.74 Å². The molecule has 0 saturated carbocycles. The van der Waals surface area contributed by atoms with Gasteiger partial charge in [-0.25, -0.2) is 4.98 Å². The monoisotopic (exact) mass is 418 g/mol. The smallest absolute Gasteiger partial charge is 0.262 e. The van der Waals surface area contributed by atoms with E-state index in [0.717, 1.165) is 50.5 Å². The molecule has 0 N–H and O–H groups in total. The summed E-state index contributed by atoms with van der Waals surface area (Å²) in [6.45, 7) is 7.12. The minimum Gasteiger partial charge on any atom is -0.379 e. The summed E-state index contributed by atoms with van der Waals surface area (Å²) in [5.41, 5.74) is 2.29. The molecule has 31 heavy (non-hydrogen) atoms. The molecule has 5 rings (SSSR count). The molecule has 4 heterocycles. The fraction of sp³-hybridized carbons (Fsp3) is 0.391. The van der Waals surface area contributed by atoms with Gasteiger partial charge in [-0.15, -0.1) is 5.10 Å². The second kappa shape index (κ2) is 8.56. The zero-order chi connectivity index (χ0) is 21.2. The minimum atomic E-state index is -0.0405. The summed E-state index contributed by atoms with van der Waals surface area (Å²) in [6.07, 6.45) is 3.46. The van der Waals surface area contributed by atoms with Gasteiger partial charge in [0.1, 0.15) is 0 Å². The molecule has 160 valence electrons. The highest BCUT2D eigenvalue weighted by molar-refractivity contribution is 5.93. The van der Waals surface area contributed by atoms with Crippen LogP contribution in [-0.2, 0) is 17.7 Å². The first-order chi connectivity index (χ1) is 15.2.